The number of anilines is 1. The molecule has 2 aromatic carbocycles. The van der Waals surface area contributed by atoms with E-state index in [0.29, 0.717) is 22.9 Å². The molecule has 3 aromatic rings. The highest BCUT2D eigenvalue weighted by Gasteiger charge is 2.09. The van der Waals surface area contributed by atoms with Crippen LogP contribution in [0.5, 0.6) is 0 Å². The molecular formula is C16H13ClFN3. The highest BCUT2D eigenvalue weighted by atomic mass is 35.5. The lowest BCUT2D eigenvalue weighted by Crippen LogP contribution is -2.00. The molecule has 0 atom stereocenters. The Kier molecular flexibility index (Phi) is 3.62. The van der Waals surface area contributed by atoms with E-state index in [1.54, 1.807) is 23.0 Å². The van der Waals surface area contributed by atoms with Gasteiger partial charge in [0.1, 0.15) is 11.5 Å². The van der Waals surface area contributed by atoms with Crippen LogP contribution in [0.4, 0.5) is 10.1 Å². The smallest absolute Gasteiger partial charge is 0.123 e. The van der Waals surface area contributed by atoms with E-state index < -0.39 is 0 Å². The van der Waals surface area contributed by atoms with Crippen LogP contribution in [0.15, 0.2) is 54.7 Å². The molecule has 0 aliphatic heterocycles. The molecule has 0 saturated heterocycles. The lowest BCUT2D eigenvalue weighted by molar-refractivity contribution is 0.628. The Bertz CT molecular complexity index is 748. The molecule has 0 amide bonds. The number of aromatic nitrogens is 2. The van der Waals surface area contributed by atoms with E-state index in [9.17, 15) is 4.39 Å². The van der Waals surface area contributed by atoms with E-state index in [4.69, 9.17) is 17.3 Å². The number of nitrogens with two attached hydrogens (primary N) is 1. The van der Waals surface area contributed by atoms with Gasteiger partial charge in [-0.2, -0.15) is 5.10 Å². The molecule has 0 bridgehead atoms. The first-order valence-electron chi connectivity index (χ1n) is 6.45. The number of nitrogen functional groups attached to an aromatic ring is 1. The van der Waals surface area contributed by atoms with Gasteiger partial charge in [-0.1, -0.05) is 23.7 Å². The van der Waals surface area contributed by atoms with Crippen molar-refractivity contribution < 1.29 is 4.39 Å². The number of benzene rings is 2. The summed E-state index contributed by atoms with van der Waals surface area (Å²) in [5, 5.41) is 5.16. The molecule has 0 unspecified atom stereocenters. The van der Waals surface area contributed by atoms with Crippen molar-refractivity contribution in [2.24, 2.45) is 0 Å². The molecule has 0 aliphatic rings. The lowest BCUT2D eigenvalue weighted by Gasteiger charge is -2.02. The lowest BCUT2D eigenvalue weighted by atomic mass is 10.1. The molecule has 3 nitrogen and oxygen atoms in total. The van der Waals surface area contributed by atoms with E-state index in [2.05, 4.69) is 5.10 Å². The number of hydrogen-bond donors (Lipinski definition) is 1. The molecule has 1 heterocycles. The minimum atomic E-state index is -0.280. The van der Waals surface area contributed by atoms with E-state index in [1.807, 2.05) is 24.3 Å². The molecule has 0 aliphatic carbocycles. The van der Waals surface area contributed by atoms with E-state index in [0.717, 1.165) is 11.1 Å². The fourth-order valence-electron chi connectivity index (χ4n) is 2.13. The van der Waals surface area contributed by atoms with Crippen LogP contribution >= 0.6 is 11.6 Å². The number of rotatable bonds is 3. The first-order chi connectivity index (χ1) is 10.1. The fraction of sp³-hybridized carbons (Fsp3) is 0.0625. The van der Waals surface area contributed by atoms with Crippen molar-refractivity contribution in [2.75, 3.05) is 5.73 Å². The van der Waals surface area contributed by atoms with Crippen LogP contribution in [0.2, 0.25) is 5.02 Å². The van der Waals surface area contributed by atoms with Crippen LogP contribution in [0.25, 0.3) is 11.3 Å². The molecule has 0 radical (unpaired) electrons. The van der Waals surface area contributed by atoms with Crippen molar-refractivity contribution in [3.63, 3.8) is 0 Å². The van der Waals surface area contributed by atoms with Gasteiger partial charge < -0.3 is 5.73 Å². The zero-order valence-electron chi connectivity index (χ0n) is 11.1. The largest absolute Gasteiger partial charge is 0.396 e. The molecule has 1 aromatic heterocycles. The second-order valence-corrected chi connectivity index (χ2v) is 5.20. The zero-order valence-corrected chi connectivity index (χ0v) is 11.9. The highest BCUT2D eigenvalue weighted by molar-refractivity contribution is 6.30. The molecule has 2 N–H and O–H groups in total. The van der Waals surface area contributed by atoms with Gasteiger partial charge in [0.15, 0.2) is 0 Å². The Morgan fingerprint density at radius 2 is 1.71 bits per heavy atom. The summed E-state index contributed by atoms with van der Waals surface area (Å²) >= 11 is 5.86. The minimum Gasteiger partial charge on any atom is -0.396 e. The SMILES string of the molecule is Nc1cn(Cc2ccc(Cl)cc2)nc1-c1ccc(F)cc1. The molecule has 106 valence electrons. The number of nitrogens with zero attached hydrogens (tertiary/aromatic N) is 2. The van der Waals surface area contributed by atoms with Gasteiger partial charge >= 0.3 is 0 Å². The standard InChI is InChI=1S/C16H13ClFN3/c17-13-5-1-11(2-6-13)9-21-10-15(19)16(20-21)12-3-7-14(18)8-4-12/h1-8,10H,9,19H2. The maximum Gasteiger partial charge on any atom is 0.123 e. The first kappa shape index (κ1) is 13.6. The molecular weight excluding hydrogens is 289 g/mol. The van der Waals surface area contributed by atoms with Gasteiger partial charge in [-0.25, -0.2) is 4.39 Å². The zero-order chi connectivity index (χ0) is 14.8. The Labute approximate surface area is 126 Å². The molecule has 0 spiro atoms. The molecule has 3 rings (SSSR count). The summed E-state index contributed by atoms with van der Waals surface area (Å²) in [6.45, 7) is 0.600. The van der Waals surface area contributed by atoms with Crippen molar-refractivity contribution in [1.82, 2.24) is 9.78 Å². The molecule has 0 fully saturated rings. The summed E-state index contributed by atoms with van der Waals surface area (Å²) in [7, 11) is 0. The third kappa shape index (κ3) is 3.06. The average molecular weight is 302 g/mol. The van der Waals surface area contributed by atoms with E-state index in [1.165, 1.54) is 12.1 Å². The van der Waals surface area contributed by atoms with Crippen LogP contribution in [-0.4, -0.2) is 9.78 Å². The quantitative estimate of drug-likeness (QED) is 0.795. The van der Waals surface area contributed by atoms with E-state index >= 15 is 0 Å². The van der Waals surface area contributed by atoms with Crippen molar-refractivity contribution in [3.05, 3.63) is 71.1 Å². The van der Waals surface area contributed by atoms with Crippen molar-refractivity contribution >= 4 is 17.3 Å². The second kappa shape index (κ2) is 5.58. The van der Waals surface area contributed by atoms with Crippen molar-refractivity contribution in [1.29, 1.82) is 0 Å². The van der Waals surface area contributed by atoms with Gasteiger partial charge in [0.25, 0.3) is 0 Å². The van der Waals surface area contributed by atoms with Gasteiger partial charge in [0, 0.05) is 16.8 Å². The topological polar surface area (TPSA) is 43.8 Å². The third-order valence-corrected chi connectivity index (χ3v) is 3.42. The maximum absolute atomic E-state index is 13.0. The summed E-state index contributed by atoms with van der Waals surface area (Å²) in [6, 6.07) is 13.7. The van der Waals surface area contributed by atoms with Crippen molar-refractivity contribution in [3.8, 4) is 11.3 Å². The normalized spacial score (nSPS) is 10.8. The van der Waals surface area contributed by atoms with Crippen LogP contribution in [0.3, 0.4) is 0 Å². The summed E-state index contributed by atoms with van der Waals surface area (Å²) in [5.41, 5.74) is 9.08. The number of hydrogen-bond acceptors (Lipinski definition) is 2. The van der Waals surface area contributed by atoms with Crippen LogP contribution in [-0.2, 0) is 6.54 Å². The van der Waals surface area contributed by atoms with Gasteiger partial charge in [-0.15, -0.1) is 0 Å². The van der Waals surface area contributed by atoms with Gasteiger partial charge in [-0.05, 0) is 42.0 Å². The number of halogens is 2. The average Bonchev–Trinajstić information content (AvgIpc) is 2.83. The van der Waals surface area contributed by atoms with Crippen molar-refractivity contribution in [2.45, 2.75) is 6.54 Å². The Hall–Kier alpha value is -2.33. The second-order valence-electron chi connectivity index (χ2n) is 4.76. The summed E-state index contributed by atoms with van der Waals surface area (Å²) in [6.07, 6.45) is 1.77. The summed E-state index contributed by atoms with van der Waals surface area (Å²) in [4.78, 5) is 0. The minimum absolute atomic E-state index is 0.280. The fourth-order valence-corrected chi connectivity index (χ4v) is 2.25. The predicted molar refractivity (Wildman–Crippen MR) is 82.6 cm³/mol. The predicted octanol–water partition coefficient (Wildman–Crippen LogP) is 3.97. The summed E-state index contributed by atoms with van der Waals surface area (Å²) in [5.74, 6) is -0.280. The molecule has 21 heavy (non-hydrogen) atoms. The van der Waals surface area contributed by atoms with Crippen LogP contribution in [0, 0.1) is 5.82 Å². The van der Waals surface area contributed by atoms with Gasteiger partial charge in [0.2, 0.25) is 0 Å². The van der Waals surface area contributed by atoms with Gasteiger partial charge in [0.05, 0.1) is 12.2 Å². The molecule has 0 saturated carbocycles. The third-order valence-electron chi connectivity index (χ3n) is 3.17. The highest BCUT2D eigenvalue weighted by Crippen LogP contribution is 2.24. The van der Waals surface area contributed by atoms with Crippen LogP contribution < -0.4 is 5.73 Å². The van der Waals surface area contributed by atoms with Gasteiger partial charge in [-0.3, -0.25) is 4.68 Å². The Balaban J connectivity index is 1.87. The van der Waals surface area contributed by atoms with E-state index in [-0.39, 0.29) is 5.82 Å². The Morgan fingerprint density at radius 1 is 1.05 bits per heavy atom. The van der Waals surface area contributed by atoms with Crippen LogP contribution in [0.1, 0.15) is 5.56 Å². The first-order valence-corrected chi connectivity index (χ1v) is 6.83. The molecule has 5 heteroatoms. The monoisotopic (exact) mass is 301 g/mol. The maximum atomic E-state index is 13.0. The summed E-state index contributed by atoms with van der Waals surface area (Å²) < 4.78 is 14.7. The Morgan fingerprint density at radius 3 is 2.38 bits per heavy atom.